The number of ether oxygens (including phenoxy) is 2. The van der Waals surface area contributed by atoms with Gasteiger partial charge in [-0.15, -0.1) is 0 Å². The second-order valence-corrected chi connectivity index (χ2v) is 5.51. The summed E-state index contributed by atoms with van der Waals surface area (Å²) in [6, 6.07) is 19.8. The van der Waals surface area contributed by atoms with Crippen LogP contribution in [0.5, 0.6) is 17.2 Å². The quantitative estimate of drug-likeness (QED) is 0.508. The molecular weight excluding hydrogens is 348 g/mol. The van der Waals surface area contributed by atoms with E-state index >= 15 is 0 Å². The summed E-state index contributed by atoms with van der Waals surface area (Å²) >= 11 is 0. The standard InChI is InChI=1S/C20H16N2O5/c1-26-19-12-11-14(22(24)25)13-17(19)21-20(23)16-9-5-6-10-18(16)27-15-7-3-2-4-8-15/h2-13H,1H3,(H,21,23). The van der Waals surface area contributed by atoms with Gasteiger partial charge in [0.25, 0.3) is 11.6 Å². The SMILES string of the molecule is COc1ccc([N+](=O)[O-])cc1NC(=O)c1ccccc1Oc1ccccc1. The molecule has 7 nitrogen and oxygen atoms in total. The van der Waals surface area contributed by atoms with E-state index < -0.39 is 10.8 Å². The van der Waals surface area contributed by atoms with Crippen molar-refractivity contribution in [3.05, 3.63) is 88.5 Å². The first-order valence-electron chi connectivity index (χ1n) is 8.04. The lowest BCUT2D eigenvalue weighted by molar-refractivity contribution is -0.384. The fraction of sp³-hybridized carbons (Fsp3) is 0.0500. The van der Waals surface area contributed by atoms with Crippen molar-refractivity contribution in [1.29, 1.82) is 0 Å². The highest BCUT2D eigenvalue weighted by atomic mass is 16.6. The summed E-state index contributed by atoms with van der Waals surface area (Å²) in [7, 11) is 1.42. The van der Waals surface area contributed by atoms with Crippen molar-refractivity contribution in [2.24, 2.45) is 0 Å². The fourth-order valence-corrected chi connectivity index (χ4v) is 2.46. The minimum absolute atomic E-state index is 0.153. The van der Waals surface area contributed by atoms with Gasteiger partial charge in [-0.2, -0.15) is 0 Å². The number of nitrogens with zero attached hydrogens (tertiary/aromatic N) is 1. The second-order valence-electron chi connectivity index (χ2n) is 5.51. The summed E-state index contributed by atoms with van der Waals surface area (Å²) < 4.78 is 11.0. The average molecular weight is 364 g/mol. The van der Waals surface area contributed by atoms with Gasteiger partial charge in [0.15, 0.2) is 0 Å². The van der Waals surface area contributed by atoms with Crippen LogP contribution in [0.2, 0.25) is 0 Å². The van der Waals surface area contributed by atoms with E-state index in [0.29, 0.717) is 17.2 Å². The van der Waals surface area contributed by atoms with Crippen LogP contribution in [0.1, 0.15) is 10.4 Å². The van der Waals surface area contributed by atoms with E-state index in [-0.39, 0.29) is 16.9 Å². The predicted octanol–water partition coefficient (Wildman–Crippen LogP) is 4.65. The molecule has 7 heteroatoms. The van der Waals surface area contributed by atoms with E-state index in [0.717, 1.165) is 0 Å². The van der Waals surface area contributed by atoms with E-state index in [1.165, 1.54) is 25.3 Å². The molecule has 3 aromatic rings. The molecule has 0 atom stereocenters. The average Bonchev–Trinajstić information content (AvgIpc) is 2.69. The Bertz CT molecular complexity index is 973. The first kappa shape index (κ1) is 17.9. The van der Waals surface area contributed by atoms with E-state index in [1.807, 2.05) is 18.2 Å². The van der Waals surface area contributed by atoms with Gasteiger partial charge in [-0.25, -0.2) is 0 Å². The van der Waals surface area contributed by atoms with Crippen molar-refractivity contribution in [3.63, 3.8) is 0 Å². The lowest BCUT2D eigenvalue weighted by Gasteiger charge is -2.13. The Balaban J connectivity index is 1.89. The van der Waals surface area contributed by atoms with E-state index in [9.17, 15) is 14.9 Å². The number of methoxy groups -OCH3 is 1. The zero-order valence-corrected chi connectivity index (χ0v) is 14.4. The van der Waals surface area contributed by atoms with Crippen LogP contribution in [-0.4, -0.2) is 17.9 Å². The maximum atomic E-state index is 12.8. The molecule has 136 valence electrons. The Morgan fingerprint density at radius 2 is 1.67 bits per heavy atom. The number of hydrogen-bond donors (Lipinski definition) is 1. The van der Waals surface area contributed by atoms with Crippen LogP contribution in [0.3, 0.4) is 0 Å². The molecule has 0 unspecified atom stereocenters. The highest BCUT2D eigenvalue weighted by Crippen LogP contribution is 2.31. The van der Waals surface area contributed by atoms with Crippen LogP contribution in [0.4, 0.5) is 11.4 Å². The third-order valence-corrected chi connectivity index (χ3v) is 3.74. The van der Waals surface area contributed by atoms with Crippen LogP contribution in [0, 0.1) is 10.1 Å². The van der Waals surface area contributed by atoms with Crippen LogP contribution in [0.15, 0.2) is 72.8 Å². The van der Waals surface area contributed by atoms with Gasteiger partial charge < -0.3 is 14.8 Å². The van der Waals surface area contributed by atoms with E-state index in [2.05, 4.69) is 5.32 Å². The van der Waals surface area contributed by atoms with Gasteiger partial charge in [-0.1, -0.05) is 30.3 Å². The van der Waals surface area contributed by atoms with Gasteiger partial charge in [-0.05, 0) is 30.3 Å². The van der Waals surface area contributed by atoms with Gasteiger partial charge >= 0.3 is 0 Å². The summed E-state index contributed by atoms with van der Waals surface area (Å²) in [6.07, 6.45) is 0. The maximum absolute atomic E-state index is 12.8. The van der Waals surface area contributed by atoms with Crippen LogP contribution in [0.25, 0.3) is 0 Å². The number of rotatable bonds is 6. The normalized spacial score (nSPS) is 10.1. The summed E-state index contributed by atoms with van der Waals surface area (Å²) in [5.41, 5.74) is 0.334. The van der Waals surface area contributed by atoms with Crippen molar-refractivity contribution in [2.45, 2.75) is 0 Å². The largest absolute Gasteiger partial charge is 0.495 e. The fourth-order valence-electron chi connectivity index (χ4n) is 2.46. The number of benzene rings is 3. The Kier molecular flexibility index (Phi) is 5.32. The zero-order chi connectivity index (χ0) is 19.2. The lowest BCUT2D eigenvalue weighted by atomic mass is 10.1. The number of hydrogen-bond acceptors (Lipinski definition) is 5. The van der Waals surface area contributed by atoms with Crippen molar-refractivity contribution < 1.29 is 19.2 Å². The molecule has 0 radical (unpaired) electrons. The Hall–Kier alpha value is -3.87. The van der Waals surface area contributed by atoms with Gasteiger partial charge in [0.2, 0.25) is 0 Å². The summed E-state index contributed by atoms with van der Waals surface area (Å²) in [5.74, 6) is 0.798. The molecule has 0 saturated carbocycles. The third kappa shape index (κ3) is 4.21. The van der Waals surface area contributed by atoms with Gasteiger partial charge in [-0.3, -0.25) is 14.9 Å². The summed E-state index contributed by atoms with van der Waals surface area (Å²) in [5, 5.41) is 13.6. The molecule has 0 fully saturated rings. The molecule has 0 saturated heterocycles. The predicted molar refractivity (Wildman–Crippen MR) is 101 cm³/mol. The van der Waals surface area contributed by atoms with E-state index in [4.69, 9.17) is 9.47 Å². The first-order chi connectivity index (χ1) is 13.1. The lowest BCUT2D eigenvalue weighted by Crippen LogP contribution is -2.14. The molecule has 0 aromatic heterocycles. The summed E-state index contributed by atoms with van der Waals surface area (Å²) in [4.78, 5) is 23.2. The Morgan fingerprint density at radius 3 is 2.37 bits per heavy atom. The molecule has 1 amide bonds. The Labute approximate surface area is 155 Å². The number of nitrogens with one attached hydrogen (secondary N) is 1. The molecule has 0 spiro atoms. The minimum atomic E-state index is -0.540. The van der Waals surface area contributed by atoms with Gasteiger partial charge in [0.1, 0.15) is 17.2 Å². The molecule has 3 aromatic carbocycles. The van der Waals surface area contributed by atoms with E-state index in [1.54, 1.807) is 36.4 Å². The van der Waals surface area contributed by atoms with Crippen molar-refractivity contribution >= 4 is 17.3 Å². The molecule has 1 N–H and O–H groups in total. The number of anilines is 1. The van der Waals surface area contributed by atoms with Crippen LogP contribution >= 0.6 is 0 Å². The molecule has 0 bridgehead atoms. The number of non-ortho nitro benzene ring substituents is 1. The van der Waals surface area contributed by atoms with Crippen LogP contribution < -0.4 is 14.8 Å². The molecule has 0 aliphatic heterocycles. The van der Waals surface area contributed by atoms with Crippen molar-refractivity contribution in [3.8, 4) is 17.2 Å². The zero-order valence-electron chi connectivity index (χ0n) is 14.4. The molecule has 27 heavy (non-hydrogen) atoms. The summed E-state index contributed by atoms with van der Waals surface area (Å²) in [6.45, 7) is 0. The van der Waals surface area contributed by atoms with Crippen molar-refractivity contribution in [2.75, 3.05) is 12.4 Å². The van der Waals surface area contributed by atoms with Gasteiger partial charge in [0.05, 0.1) is 23.3 Å². The smallest absolute Gasteiger partial charge is 0.271 e. The maximum Gasteiger partial charge on any atom is 0.271 e. The molecule has 0 aliphatic rings. The third-order valence-electron chi connectivity index (χ3n) is 3.74. The second kappa shape index (κ2) is 8.01. The number of para-hydroxylation sites is 2. The molecule has 0 heterocycles. The highest BCUT2D eigenvalue weighted by molar-refractivity contribution is 6.07. The number of nitro groups is 1. The topological polar surface area (TPSA) is 90.7 Å². The monoisotopic (exact) mass is 364 g/mol. The number of carbonyl (C=O) groups excluding carboxylic acids is 1. The highest BCUT2D eigenvalue weighted by Gasteiger charge is 2.17. The van der Waals surface area contributed by atoms with Gasteiger partial charge in [0, 0.05) is 12.1 Å². The number of amides is 1. The van der Waals surface area contributed by atoms with Crippen molar-refractivity contribution in [1.82, 2.24) is 0 Å². The molecule has 0 aliphatic carbocycles. The first-order valence-corrected chi connectivity index (χ1v) is 8.04. The minimum Gasteiger partial charge on any atom is -0.495 e. The van der Waals surface area contributed by atoms with Crippen LogP contribution in [-0.2, 0) is 0 Å². The number of carbonyl (C=O) groups is 1. The molecule has 3 rings (SSSR count). The molecular formula is C20H16N2O5. The number of nitro benzene ring substituents is 1. The Morgan fingerprint density at radius 1 is 0.963 bits per heavy atom.